The second-order valence-corrected chi connectivity index (χ2v) is 4.74. The quantitative estimate of drug-likeness (QED) is 0.712. The molecule has 1 aromatic rings. The summed E-state index contributed by atoms with van der Waals surface area (Å²) in [7, 11) is 0. The van der Waals surface area contributed by atoms with Gasteiger partial charge in [0.05, 0.1) is 6.54 Å². The summed E-state index contributed by atoms with van der Waals surface area (Å²) in [6.07, 6.45) is -3.58. The molecule has 1 fully saturated rings. The number of halogens is 3. The van der Waals surface area contributed by atoms with Gasteiger partial charge in [0.25, 0.3) is 5.56 Å². The lowest BCUT2D eigenvalue weighted by Crippen LogP contribution is -2.33. The Morgan fingerprint density at radius 3 is 2.80 bits per heavy atom. The monoisotopic (exact) mass is 293 g/mol. The van der Waals surface area contributed by atoms with Gasteiger partial charge < -0.3 is 5.32 Å². The van der Waals surface area contributed by atoms with Crippen LogP contribution in [0.1, 0.15) is 6.42 Å². The van der Waals surface area contributed by atoms with Crippen LogP contribution in [0.4, 0.5) is 19.0 Å². The van der Waals surface area contributed by atoms with E-state index in [1.54, 1.807) is 0 Å². The Kier molecular flexibility index (Phi) is 4.12. The molecule has 0 spiro atoms. The van der Waals surface area contributed by atoms with Crippen molar-refractivity contribution in [3.8, 4) is 0 Å². The van der Waals surface area contributed by atoms with Gasteiger partial charge in [-0.25, -0.2) is 9.89 Å². The van der Waals surface area contributed by atoms with Crippen molar-refractivity contribution in [3.05, 3.63) is 20.8 Å². The van der Waals surface area contributed by atoms with Gasteiger partial charge in [-0.2, -0.15) is 13.2 Å². The summed E-state index contributed by atoms with van der Waals surface area (Å²) in [6, 6.07) is 0. The molecule has 0 saturated carbocycles. The number of nitrogens with zero attached hydrogens (tertiary/aromatic N) is 2. The van der Waals surface area contributed by atoms with Crippen LogP contribution < -0.4 is 16.6 Å². The molecule has 2 heterocycles. The maximum absolute atomic E-state index is 12.2. The molecule has 1 aromatic heterocycles. The minimum atomic E-state index is -4.19. The molecule has 1 aliphatic rings. The third-order valence-electron chi connectivity index (χ3n) is 3.04. The van der Waals surface area contributed by atoms with Crippen molar-refractivity contribution < 1.29 is 13.2 Å². The van der Waals surface area contributed by atoms with E-state index >= 15 is 0 Å². The van der Waals surface area contributed by atoms with E-state index < -0.39 is 24.0 Å². The minimum absolute atomic E-state index is 0.00507. The number of likely N-dealkylation sites (tertiary alicyclic amines) is 1. The number of rotatable bonds is 4. The highest BCUT2D eigenvalue weighted by Gasteiger charge is 2.34. The van der Waals surface area contributed by atoms with Crippen LogP contribution in [0.2, 0.25) is 0 Å². The first-order chi connectivity index (χ1) is 9.33. The van der Waals surface area contributed by atoms with Gasteiger partial charge in [-0.15, -0.1) is 5.10 Å². The van der Waals surface area contributed by atoms with E-state index in [1.165, 1.54) is 4.90 Å². The smallest absolute Gasteiger partial charge is 0.364 e. The molecule has 1 saturated heterocycles. The van der Waals surface area contributed by atoms with Gasteiger partial charge in [-0.1, -0.05) is 0 Å². The lowest BCUT2D eigenvalue weighted by atomic mass is 10.1. The van der Waals surface area contributed by atoms with E-state index in [0.29, 0.717) is 26.1 Å². The van der Waals surface area contributed by atoms with Crippen molar-refractivity contribution >= 4 is 5.82 Å². The Hall–Kier alpha value is -1.84. The average Bonchev–Trinajstić information content (AvgIpc) is 2.73. The summed E-state index contributed by atoms with van der Waals surface area (Å²) in [5.74, 6) is -0.0376. The standard InChI is InChI=1S/C10H14F3N5O2/c11-10(12,13)5-18-2-1-6(4-18)3-14-7-8(19)15-9(20)17-16-7/h6H,1-5H2,(H,14,16)(H2,15,17,19,20). The Balaban J connectivity index is 1.84. The fourth-order valence-corrected chi connectivity index (χ4v) is 2.19. The summed E-state index contributed by atoms with van der Waals surface area (Å²) in [6.45, 7) is 0.104. The van der Waals surface area contributed by atoms with Crippen molar-refractivity contribution in [1.82, 2.24) is 20.1 Å². The zero-order valence-corrected chi connectivity index (χ0v) is 10.5. The molecule has 1 unspecified atom stereocenters. The van der Waals surface area contributed by atoms with Gasteiger partial charge in [0, 0.05) is 13.1 Å². The number of anilines is 1. The molecule has 1 atom stereocenters. The molecule has 10 heteroatoms. The van der Waals surface area contributed by atoms with Crippen molar-refractivity contribution in [2.45, 2.75) is 12.6 Å². The van der Waals surface area contributed by atoms with Crippen molar-refractivity contribution in [2.75, 3.05) is 31.5 Å². The summed E-state index contributed by atoms with van der Waals surface area (Å²) in [4.78, 5) is 25.4. The molecule has 20 heavy (non-hydrogen) atoms. The molecule has 1 aliphatic heterocycles. The second kappa shape index (κ2) is 5.65. The van der Waals surface area contributed by atoms with Gasteiger partial charge >= 0.3 is 11.9 Å². The Bertz CT molecular complexity index is 567. The van der Waals surface area contributed by atoms with E-state index in [4.69, 9.17) is 0 Å². The number of nitrogens with one attached hydrogen (secondary N) is 3. The van der Waals surface area contributed by atoms with Gasteiger partial charge in [-0.05, 0) is 18.9 Å². The molecule has 0 aliphatic carbocycles. The van der Waals surface area contributed by atoms with E-state index in [1.807, 2.05) is 4.98 Å². The molecular formula is C10H14F3N5O2. The van der Waals surface area contributed by atoms with Gasteiger partial charge in [-0.3, -0.25) is 14.7 Å². The van der Waals surface area contributed by atoms with Crippen LogP contribution in [-0.4, -0.2) is 52.4 Å². The number of aromatic nitrogens is 3. The number of hydrogen-bond acceptors (Lipinski definition) is 5. The van der Waals surface area contributed by atoms with Crippen molar-refractivity contribution in [3.63, 3.8) is 0 Å². The van der Waals surface area contributed by atoms with Crippen LogP contribution in [0, 0.1) is 5.92 Å². The first-order valence-corrected chi connectivity index (χ1v) is 6.05. The molecule has 3 N–H and O–H groups in total. The Morgan fingerprint density at radius 1 is 1.40 bits per heavy atom. The maximum atomic E-state index is 12.2. The molecular weight excluding hydrogens is 279 g/mol. The molecule has 112 valence electrons. The van der Waals surface area contributed by atoms with Crippen LogP contribution in [0.3, 0.4) is 0 Å². The topological polar surface area (TPSA) is 93.9 Å². The predicted octanol–water partition coefficient (Wildman–Crippen LogP) is -0.246. The van der Waals surface area contributed by atoms with Crippen LogP contribution in [0.5, 0.6) is 0 Å². The highest BCUT2D eigenvalue weighted by molar-refractivity contribution is 5.28. The Labute approximate surface area is 111 Å². The molecule has 0 amide bonds. The highest BCUT2D eigenvalue weighted by Crippen LogP contribution is 2.22. The van der Waals surface area contributed by atoms with Crippen LogP contribution >= 0.6 is 0 Å². The number of aromatic amines is 2. The van der Waals surface area contributed by atoms with Crippen molar-refractivity contribution in [2.24, 2.45) is 5.92 Å². The molecule has 2 rings (SSSR count). The van der Waals surface area contributed by atoms with Gasteiger partial charge in [0.2, 0.25) is 5.82 Å². The first kappa shape index (κ1) is 14.6. The third kappa shape index (κ3) is 4.08. The lowest BCUT2D eigenvalue weighted by Gasteiger charge is -2.17. The SMILES string of the molecule is O=c1[nH]nc(NCC2CCN(CC(F)(F)F)C2)c(=O)[nH]1. The zero-order valence-electron chi connectivity index (χ0n) is 10.5. The summed E-state index contributed by atoms with van der Waals surface area (Å²) >= 11 is 0. The fourth-order valence-electron chi connectivity index (χ4n) is 2.19. The summed E-state index contributed by atoms with van der Waals surface area (Å²) in [5, 5.41) is 8.34. The Morgan fingerprint density at radius 2 is 2.15 bits per heavy atom. The second-order valence-electron chi connectivity index (χ2n) is 4.74. The largest absolute Gasteiger partial charge is 0.401 e. The number of hydrogen-bond donors (Lipinski definition) is 3. The van der Waals surface area contributed by atoms with E-state index in [-0.39, 0.29) is 11.7 Å². The van der Waals surface area contributed by atoms with Gasteiger partial charge in [0.15, 0.2) is 0 Å². The molecule has 0 aromatic carbocycles. The fraction of sp³-hybridized carbons (Fsp3) is 0.700. The van der Waals surface area contributed by atoms with E-state index in [9.17, 15) is 22.8 Å². The molecule has 0 radical (unpaired) electrons. The number of H-pyrrole nitrogens is 2. The van der Waals surface area contributed by atoms with E-state index in [0.717, 1.165) is 0 Å². The highest BCUT2D eigenvalue weighted by atomic mass is 19.4. The first-order valence-electron chi connectivity index (χ1n) is 6.05. The van der Waals surface area contributed by atoms with Gasteiger partial charge in [0.1, 0.15) is 0 Å². The van der Waals surface area contributed by atoms with Crippen LogP contribution in [-0.2, 0) is 0 Å². The lowest BCUT2D eigenvalue weighted by molar-refractivity contribution is -0.143. The molecule has 7 nitrogen and oxygen atoms in total. The number of alkyl halides is 3. The zero-order chi connectivity index (χ0) is 14.8. The van der Waals surface area contributed by atoms with Crippen LogP contribution in [0.15, 0.2) is 9.59 Å². The summed E-state index contributed by atoms with van der Waals surface area (Å²) < 4.78 is 36.7. The maximum Gasteiger partial charge on any atom is 0.401 e. The average molecular weight is 293 g/mol. The van der Waals surface area contributed by atoms with Crippen LogP contribution in [0.25, 0.3) is 0 Å². The van der Waals surface area contributed by atoms with Crippen molar-refractivity contribution in [1.29, 1.82) is 0 Å². The molecule has 0 bridgehead atoms. The summed E-state index contributed by atoms with van der Waals surface area (Å²) in [5.41, 5.74) is -1.36. The normalized spacial score (nSPS) is 20.2. The predicted molar refractivity (Wildman–Crippen MR) is 64.6 cm³/mol. The van der Waals surface area contributed by atoms with E-state index in [2.05, 4.69) is 15.5 Å². The minimum Gasteiger partial charge on any atom is -0.364 e. The third-order valence-corrected chi connectivity index (χ3v) is 3.04.